The number of rotatable bonds is 4. The summed E-state index contributed by atoms with van der Waals surface area (Å²) in [6, 6.07) is 0.787. The van der Waals surface area contributed by atoms with Crippen molar-refractivity contribution in [3.8, 4) is 0 Å². The summed E-state index contributed by atoms with van der Waals surface area (Å²) in [5.41, 5.74) is 0. The third-order valence-corrected chi connectivity index (χ3v) is 6.88. The molecule has 0 aromatic carbocycles. The van der Waals surface area contributed by atoms with Crippen molar-refractivity contribution in [1.82, 2.24) is 24.8 Å². The average Bonchev–Trinajstić information content (AvgIpc) is 3.13. The third kappa shape index (κ3) is 4.46. The number of piperidine rings is 3. The standard InChI is InChI=1S/C20H35N5O/c1-23-9-3-16(4-10-23)15-19-21-20(26-22-19)17-5-13-25(14-6-17)18-7-11-24(2)12-8-18/h16-18H,3-15H2,1-2H3. The summed E-state index contributed by atoms with van der Waals surface area (Å²) >= 11 is 0. The van der Waals surface area contributed by atoms with Crippen molar-refractivity contribution >= 4 is 0 Å². The lowest BCUT2D eigenvalue weighted by molar-refractivity contribution is 0.0922. The second-order valence-electron chi connectivity index (χ2n) is 8.84. The Morgan fingerprint density at radius 2 is 1.46 bits per heavy atom. The van der Waals surface area contributed by atoms with Gasteiger partial charge in [0.15, 0.2) is 5.82 Å². The van der Waals surface area contributed by atoms with Gasteiger partial charge in [0.2, 0.25) is 5.89 Å². The smallest absolute Gasteiger partial charge is 0.229 e. The molecule has 4 rings (SSSR count). The maximum Gasteiger partial charge on any atom is 0.229 e. The first-order valence-corrected chi connectivity index (χ1v) is 10.6. The van der Waals surface area contributed by atoms with E-state index >= 15 is 0 Å². The van der Waals surface area contributed by atoms with E-state index in [1.165, 1.54) is 77.8 Å². The van der Waals surface area contributed by atoms with Crippen molar-refractivity contribution in [3.05, 3.63) is 11.7 Å². The minimum atomic E-state index is 0.469. The number of hydrogen-bond donors (Lipinski definition) is 0. The molecule has 0 radical (unpaired) electrons. The van der Waals surface area contributed by atoms with Crippen LogP contribution in [-0.4, -0.2) is 84.2 Å². The molecule has 3 saturated heterocycles. The summed E-state index contributed by atoms with van der Waals surface area (Å²) in [5, 5.41) is 4.30. The molecule has 0 N–H and O–H groups in total. The van der Waals surface area contributed by atoms with Crippen molar-refractivity contribution in [2.45, 2.75) is 56.9 Å². The molecular weight excluding hydrogens is 326 g/mol. The summed E-state index contributed by atoms with van der Waals surface area (Å²) < 4.78 is 5.66. The van der Waals surface area contributed by atoms with Crippen LogP contribution >= 0.6 is 0 Å². The van der Waals surface area contributed by atoms with Gasteiger partial charge in [0.25, 0.3) is 0 Å². The molecule has 0 aliphatic carbocycles. The molecule has 3 aliphatic heterocycles. The fourth-order valence-corrected chi connectivity index (χ4v) is 4.91. The molecule has 6 heteroatoms. The van der Waals surface area contributed by atoms with Gasteiger partial charge in [-0.25, -0.2) is 0 Å². The van der Waals surface area contributed by atoms with Crippen molar-refractivity contribution < 1.29 is 4.52 Å². The Labute approximate surface area is 157 Å². The summed E-state index contributed by atoms with van der Waals surface area (Å²) in [5.74, 6) is 3.03. The van der Waals surface area contributed by atoms with Gasteiger partial charge in [-0.1, -0.05) is 5.16 Å². The summed E-state index contributed by atoms with van der Waals surface area (Å²) in [6.45, 7) is 7.26. The van der Waals surface area contributed by atoms with E-state index in [1.54, 1.807) is 0 Å². The molecule has 146 valence electrons. The normalized spacial score (nSPS) is 26.5. The molecule has 0 saturated carbocycles. The molecule has 0 spiro atoms. The van der Waals surface area contributed by atoms with Crippen LogP contribution < -0.4 is 0 Å². The third-order valence-electron chi connectivity index (χ3n) is 6.88. The average molecular weight is 362 g/mol. The molecule has 0 amide bonds. The molecule has 3 aliphatic rings. The highest BCUT2D eigenvalue weighted by Crippen LogP contribution is 2.30. The molecule has 6 nitrogen and oxygen atoms in total. The van der Waals surface area contributed by atoms with E-state index in [0.29, 0.717) is 5.92 Å². The first-order chi connectivity index (χ1) is 12.7. The molecule has 1 aromatic rings. The molecular formula is C20H35N5O. The van der Waals surface area contributed by atoms with Crippen LogP contribution in [0.25, 0.3) is 0 Å². The van der Waals surface area contributed by atoms with Gasteiger partial charge >= 0.3 is 0 Å². The Hall–Kier alpha value is -0.980. The Morgan fingerprint density at radius 3 is 2.12 bits per heavy atom. The van der Waals surface area contributed by atoms with Crippen LogP contribution in [0.4, 0.5) is 0 Å². The van der Waals surface area contributed by atoms with E-state index in [1.807, 2.05) is 0 Å². The van der Waals surface area contributed by atoms with E-state index < -0.39 is 0 Å². The van der Waals surface area contributed by atoms with Gasteiger partial charge in [-0.2, -0.15) is 4.98 Å². The number of hydrogen-bond acceptors (Lipinski definition) is 6. The zero-order valence-electron chi connectivity index (χ0n) is 16.6. The number of nitrogens with zero attached hydrogens (tertiary/aromatic N) is 5. The van der Waals surface area contributed by atoms with Crippen LogP contribution in [-0.2, 0) is 6.42 Å². The van der Waals surface area contributed by atoms with E-state index in [0.717, 1.165) is 30.1 Å². The Morgan fingerprint density at radius 1 is 0.846 bits per heavy atom. The predicted octanol–water partition coefficient (Wildman–Crippen LogP) is 2.23. The minimum Gasteiger partial charge on any atom is -0.339 e. The van der Waals surface area contributed by atoms with Crippen LogP contribution in [0.1, 0.15) is 56.2 Å². The highest BCUT2D eigenvalue weighted by Gasteiger charge is 2.30. The van der Waals surface area contributed by atoms with Crippen molar-refractivity contribution in [1.29, 1.82) is 0 Å². The highest BCUT2D eigenvalue weighted by atomic mass is 16.5. The molecule has 0 unspecified atom stereocenters. The highest BCUT2D eigenvalue weighted by molar-refractivity contribution is 4.98. The summed E-state index contributed by atoms with van der Waals surface area (Å²) in [7, 11) is 4.45. The maximum absolute atomic E-state index is 5.66. The van der Waals surface area contributed by atoms with Crippen LogP contribution in [0.2, 0.25) is 0 Å². The van der Waals surface area contributed by atoms with Crippen LogP contribution in [0.15, 0.2) is 4.52 Å². The first-order valence-electron chi connectivity index (χ1n) is 10.6. The first kappa shape index (κ1) is 18.4. The van der Waals surface area contributed by atoms with Crippen molar-refractivity contribution in [3.63, 3.8) is 0 Å². The fraction of sp³-hybridized carbons (Fsp3) is 0.900. The zero-order valence-corrected chi connectivity index (χ0v) is 16.6. The Bertz CT molecular complexity index is 552. The molecule has 4 heterocycles. The number of aromatic nitrogens is 2. The number of likely N-dealkylation sites (tertiary alicyclic amines) is 3. The van der Waals surface area contributed by atoms with E-state index in [2.05, 4.69) is 34.0 Å². The second kappa shape index (κ2) is 8.36. The minimum absolute atomic E-state index is 0.469. The molecule has 26 heavy (non-hydrogen) atoms. The second-order valence-corrected chi connectivity index (χ2v) is 8.84. The van der Waals surface area contributed by atoms with E-state index in [4.69, 9.17) is 9.51 Å². The van der Waals surface area contributed by atoms with Gasteiger partial charge < -0.3 is 19.2 Å². The zero-order chi connectivity index (χ0) is 17.9. The largest absolute Gasteiger partial charge is 0.339 e. The molecule has 3 fully saturated rings. The Kier molecular flexibility index (Phi) is 5.91. The Balaban J connectivity index is 1.25. The van der Waals surface area contributed by atoms with Gasteiger partial charge in [-0.3, -0.25) is 0 Å². The summed E-state index contributed by atoms with van der Waals surface area (Å²) in [4.78, 5) is 12.4. The van der Waals surface area contributed by atoms with Gasteiger partial charge in [0, 0.05) is 18.4 Å². The lowest BCUT2D eigenvalue weighted by atomic mass is 9.93. The van der Waals surface area contributed by atoms with E-state index in [-0.39, 0.29) is 0 Å². The predicted molar refractivity (Wildman–Crippen MR) is 102 cm³/mol. The van der Waals surface area contributed by atoms with E-state index in [9.17, 15) is 0 Å². The van der Waals surface area contributed by atoms with Crippen LogP contribution in [0, 0.1) is 5.92 Å². The van der Waals surface area contributed by atoms with Gasteiger partial charge in [0.05, 0.1) is 0 Å². The lowest BCUT2D eigenvalue weighted by Gasteiger charge is -2.40. The van der Waals surface area contributed by atoms with Crippen LogP contribution in [0.5, 0.6) is 0 Å². The molecule has 1 aromatic heterocycles. The maximum atomic E-state index is 5.66. The molecule has 0 bridgehead atoms. The summed E-state index contributed by atoms with van der Waals surface area (Å²) in [6.07, 6.45) is 8.49. The topological polar surface area (TPSA) is 48.6 Å². The van der Waals surface area contributed by atoms with Crippen molar-refractivity contribution in [2.75, 3.05) is 53.4 Å². The monoisotopic (exact) mass is 361 g/mol. The molecule has 0 atom stereocenters. The quantitative estimate of drug-likeness (QED) is 0.820. The van der Waals surface area contributed by atoms with Gasteiger partial charge in [-0.05, 0) is 97.8 Å². The lowest BCUT2D eigenvalue weighted by Crippen LogP contribution is -2.46. The fourth-order valence-electron chi connectivity index (χ4n) is 4.91. The van der Waals surface area contributed by atoms with Crippen molar-refractivity contribution in [2.24, 2.45) is 5.92 Å². The van der Waals surface area contributed by atoms with Gasteiger partial charge in [0.1, 0.15) is 0 Å². The SMILES string of the molecule is CN1CCC(Cc2noc(C3CCN(C4CCN(C)CC4)CC3)n2)CC1. The van der Waals surface area contributed by atoms with Crippen LogP contribution in [0.3, 0.4) is 0 Å². The van der Waals surface area contributed by atoms with Gasteiger partial charge in [-0.15, -0.1) is 0 Å².